The van der Waals surface area contributed by atoms with Crippen LogP contribution in [0, 0.1) is 0 Å². The van der Waals surface area contributed by atoms with Crippen molar-refractivity contribution < 1.29 is 14.4 Å². The van der Waals surface area contributed by atoms with Crippen LogP contribution in [-0.4, -0.2) is 25.7 Å². The minimum Gasteiger partial charge on any atom is -0.497 e. The van der Waals surface area contributed by atoms with Gasteiger partial charge in [-0.3, -0.25) is 15.1 Å². The van der Waals surface area contributed by atoms with Crippen molar-refractivity contribution in [1.29, 1.82) is 0 Å². The molecule has 5 nitrogen and oxygen atoms in total. The van der Waals surface area contributed by atoms with Crippen LogP contribution in [0.2, 0.25) is 4.34 Å². The Morgan fingerprint density at radius 1 is 1.35 bits per heavy atom. The van der Waals surface area contributed by atoms with E-state index in [0.717, 1.165) is 17.0 Å². The van der Waals surface area contributed by atoms with Crippen molar-refractivity contribution in [3.05, 3.63) is 57.3 Å². The van der Waals surface area contributed by atoms with Gasteiger partial charge in [-0.05, 0) is 48.0 Å². The molecule has 0 radical (unpaired) electrons. The second-order valence-electron chi connectivity index (χ2n) is 4.88. The quantitative estimate of drug-likeness (QED) is 0.870. The lowest BCUT2D eigenvalue weighted by Gasteiger charge is -2.08. The lowest BCUT2D eigenvalue weighted by Crippen LogP contribution is -2.31. The lowest BCUT2D eigenvalue weighted by molar-refractivity contribution is 0.0499. The molecule has 7 heteroatoms. The van der Waals surface area contributed by atoms with Crippen LogP contribution in [0.3, 0.4) is 0 Å². The fraction of sp³-hybridized carbons (Fsp3) is 0.188. The predicted octanol–water partition coefficient (Wildman–Crippen LogP) is 3.08. The van der Waals surface area contributed by atoms with E-state index in [2.05, 4.69) is 10.8 Å². The van der Waals surface area contributed by atoms with Crippen molar-refractivity contribution in [2.24, 2.45) is 0 Å². The molecular weight excluding hydrogens is 336 g/mol. The van der Waals surface area contributed by atoms with Crippen LogP contribution >= 0.6 is 22.9 Å². The number of methoxy groups -OCH3 is 1. The molecular formula is C16H15ClN2O3S. The number of hydroxylamine groups is 1. The highest BCUT2D eigenvalue weighted by atomic mass is 35.5. The van der Waals surface area contributed by atoms with Crippen molar-refractivity contribution >= 4 is 34.5 Å². The number of ether oxygens (including phenoxy) is 1. The van der Waals surface area contributed by atoms with Gasteiger partial charge in [0.05, 0.1) is 28.6 Å². The van der Waals surface area contributed by atoms with Gasteiger partial charge in [0.1, 0.15) is 11.9 Å². The van der Waals surface area contributed by atoms with E-state index in [1.807, 2.05) is 30.3 Å². The van der Waals surface area contributed by atoms with Crippen molar-refractivity contribution in [3.63, 3.8) is 0 Å². The normalized spacial score (nSPS) is 16.6. The van der Waals surface area contributed by atoms with E-state index < -0.39 is 0 Å². The number of rotatable bonds is 5. The van der Waals surface area contributed by atoms with Crippen LogP contribution < -0.4 is 15.5 Å². The first-order valence-corrected chi connectivity index (χ1v) is 8.16. The maximum Gasteiger partial charge on any atom is 0.261 e. The molecule has 2 N–H and O–H groups in total. The number of hydrogen-bond acceptors (Lipinski definition) is 5. The zero-order chi connectivity index (χ0) is 16.2. The molecule has 3 rings (SSSR count). The molecule has 0 bridgehead atoms. The average molecular weight is 351 g/mol. The summed E-state index contributed by atoms with van der Waals surface area (Å²) in [6.07, 6.45) is 1.70. The maximum absolute atomic E-state index is 12.0. The summed E-state index contributed by atoms with van der Waals surface area (Å²) in [5.74, 6) is 0.642. The maximum atomic E-state index is 12.0. The van der Waals surface area contributed by atoms with Gasteiger partial charge in [-0.2, -0.15) is 0 Å². The topological polar surface area (TPSA) is 59.6 Å². The Kier molecular flexibility index (Phi) is 4.85. The van der Waals surface area contributed by atoms with Crippen LogP contribution in [0.1, 0.15) is 15.2 Å². The van der Waals surface area contributed by atoms with Gasteiger partial charge in [-0.1, -0.05) is 11.6 Å². The highest BCUT2D eigenvalue weighted by Gasteiger charge is 2.19. The molecule has 1 amide bonds. The Bertz CT molecular complexity index is 727. The molecule has 0 aliphatic carbocycles. The molecule has 1 aliphatic heterocycles. The summed E-state index contributed by atoms with van der Waals surface area (Å²) in [6.45, 7) is 0.376. The minimum absolute atomic E-state index is 0.156. The fourth-order valence-corrected chi connectivity index (χ4v) is 3.10. The molecule has 2 heterocycles. The Hall–Kier alpha value is -2.02. The molecule has 1 aliphatic rings. The standard InChI is InChI=1S/C16H15ClN2O3S/c1-21-11-4-2-10(3-5-11)13-8-12(22-19-13)9-18-16(20)14-6-7-15(17)23-14/h2-8,12,19H,9H2,1H3,(H,18,20). The van der Waals surface area contributed by atoms with Crippen molar-refractivity contribution in [2.45, 2.75) is 6.10 Å². The van der Waals surface area contributed by atoms with Gasteiger partial charge in [0.15, 0.2) is 0 Å². The molecule has 0 saturated carbocycles. The number of thiophene rings is 1. The van der Waals surface area contributed by atoms with Gasteiger partial charge >= 0.3 is 0 Å². The van der Waals surface area contributed by atoms with E-state index in [1.54, 1.807) is 19.2 Å². The van der Waals surface area contributed by atoms with E-state index in [-0.39, 0.29) is 12.0 Å². The Morgan fingerprint density at radius 2 is 2.13 bits per heavy atom. The Labute approximate surface area is 142 Å². The molecule has 0 fully saturated rings. The number of carbonyl (C=O) groups is 1. The second-order valence-corrected chi connectivity index (χ2v) is 6.60. The molecule has 2 aromatic rings. The van der Waals surface area contributed by atoms with Crippen LogP contribution in [0.15, 0.2) is 42.5 Å². The minimum atomic E-state index is -0.230. The largest absolute Gasteiger partial charge is 0.497 e. The highest BCUT2D eigenvalue weighted by Crippen LogP contribution is 2.22. The van der Waals surface area contributed by atoms with E-state index >= 15 is 0 Å². The molecule has 0 saturated heterocycles. The molecule has 120 valence electrons. The van der Waals surface area contributed by atoms with Gasteiger partial charge in [0.25, 0.3) is 5.91 Å². The van der Waals surface area contributed by atoms with Crippen LogP contribution in [0.4, 0.5) is 0 Å². The number of halogens is 1. The summed E-state index contributed by atoms with van der Waals surface area (Å²) in [4.78, 5) is 18.0. The second kappa shape index (κ2) is 7.04. The SMILES string of the molecule is COc1ccc(C2=CC(CNC(=O)c3ccc(Cl)s3)ON2)cc1. The van der Waals surface area contributed by atoms with Gasteiger partial charge in [-0.15, -0.1) is 11.3 Å². The van der Waals surface area contributed by atoms with Crippen LogP contribution in [0.5, 0.6) is 5.75 Å². The molecule has 0 spiro atoms. The van der Waals surface area contributed by atoms with Crippen molar-refractivity contribution in [3.8, 4) is 5.75 Å². The third kappa shape index (κ3) is 3.85. The third-order valence-corrected chi connectivity index (χ3v) is 4.56. The van der Waals surface area contributed by atoms with Gasteiger partial charge < -0.3 is 10.1 Å². The van der Waals surface area contributed by atoms with E-state index in [4.69, 9.17) is 21.2 Å². The highest BCUT2D eigenvalue weighted by molar-refractivity contribution is 7.17. The molecule has 1 unspecified atom stereocenters. The summed E-state index contributed by atoms with van der Waals surface area (Å²) in [6, 6.07) is 11.1. The fourth-order valence-electron chi connectivity index (χ4n) is 2.14. The van der Waals surface area contributed by atoms with E-state index in [9.17, 15) is 4.79 Å². The van der Waals surface area contributed by atoms with Crippen LogP contribution in [-0.2, 0) is 4.84 Å². The predicted molar refractivity (Wildman–Crippen MR) is 90.6 cm³/mol. The summed E-state index contributed by atoms with van der Waals surface area (Å²) in [5.41, 5.74) is 4.74. The molecule has 1 aromatic carbocycles. The smallest absolute Gasteiger partial charge is 0.261 e. The van der Waals surface area contributed by atoms with E-state index in [1.165, 1.54) is 11.3 Å². The molecule has 1 aromatic heterocycles. The number of benzene rings is 1. The van der Waals surface area contributed by atoms with Gasteiger partial charge in [0.2, 0.25) is 0 Å². The summed E-state index contributed by atoms with van der Waals surface area (Å²) >= 11 is 7.07. The first kappa shape index (κ1) is 15.9. The zero-order valence-corrected chi connectivity index (χ0v) is 13.9. The first-order chi connectivity index (χ1) is 11.2. The van der Waals surface area contributed by atoms with E-state index in [0.29, 0.717) is 15.8 Å². The monoisotopic (exact) mass is 350 g/mol. The van der Waals surface area contributed by atoms with Crippen molar-refractivity contribution in [1.82, 2.24) is 10.8 Å². The first-order valence-electron chi connectivity index (χ1n) is 6.97. The number of amides is 1. The van der Waals surface area contributed by atoms with Gasteiger partial charge in [-0.25, -0.2) is 0 Å². The number of hydrogen-bond donors (Lipinski definition) is 2. The Morgan fingerprint density at radius 3 is 2.78 bits per heavy atom. The summed E-state index contributed by atoms with van der Waals surface area (Å²) in [7, 11) is 1.63. The van der Waals surface area contributed by atoms with Gasteiger partial charge in [0, 0.05) is 0 Å². The Balaban J connectivity index is 1.57. The third-order valence-electron chi connectivity index (χ3n) is 3.33. The molecule has 23 heavy (non-hydrogen) atoms. The van der Waals surface area contributed by atoms with Crippen LogP contribution in [0.25, 0.3) is 5.70 Å². The lowest BCUT2D eigenvalue weighted by atomic mass is 10.1. The summed E-state index contributed by atoms with van der Waals surface area (Å²) in [5, 5.41) is 2.83. The number of nitrogens with one attached hydrogen (secondary N) is 2. The zero-order valence-electron chi connectivity index (χ0n) is 12.3. The average Bonchev–Trinajstić information content (AvgIpc) is 3.22. The molecule has 1 atom stereocenters. The summed E-state index contributed by atoms with van der Waals surface area (Å²) < 4.78 is 5.73. The number of carbonyl (C=O) groups excluding carboxylic acids is 1. The van der Waals surface area contributed by atoms with Crippen molar-refractivity contribution in [2.75, 3.05) is 13.7 Å².